The number of nitrogens with two attached hydrogens (primary N) is 1. The number of benzene rings is 1. The lowest BCUT2D eigenvalue weighted by atomic mass is 10.0. The predicted octanol–water partition coefficient (Wildman–Crippen LogP) is 2.87. The van der Waals surface area contributed by atoms with Crippen LogP contribution in [-0.2, 0) is 6.42 Å². The lowest BCUT2D eigenvalue weighted by Crippen LogP contribution is -2.01. The van der Waals surface area contributed by atoms with Gasteiger partial charge >= 0.3 is 0 Å². The highest BCUT2D eigenvalue weighted by molar-refractivity contribution is 5.56. The van der Waals surface area contributed by atoms with E-state index >= 15 is 0 Å². The van der Waals surface area contributed by atoms with Gasteiger partial charge in [-0.15, -0.1) is 0 Å². The maximum Gasteiger partial charge on any atom is 0.127 e. The first-order chi connectivity index (χ1) is 7.58. The molecule has 3 nitrogen and oxygen atoms in total. The van der Waals surface area contributed by atoms with Gasteiger partial charge in [-0.05, 0) is 18.8 Å². The fourth-order valence-corrected chi connectivity index (χ4v) is 1.68. The Morgan fingerprint density at radius 3 is 2.00 bits per heavy atom. The van der Waals surface area contributed by atoms with E-state index in [4.69, 9.17) is 15.2 Å². The van der Waals surface area contributed by atoms with Crippen molar-refractivity contribution >= 4 is 5.69 Å². The van der Waals surface area contributed by atoms with Gasteiger partial charge in [-0.2, -0.15) is 0 Å². The molecule has 1 rings (SSSR count). The van der Waals surface area contributed by atoms with Crippen LogP contribution in [0.3, 0.4) is 0 Å². The van der Waals surface area contributed by atoms with Crippen LogP contribution in [0.25, 0.3) is 0 Å². The van der Waals surface area contributed by atoms with Crippen LogP contribution in [0.1, 0.15) is 25.8 Å². The minimum atomic E-state index is 0.659. The second-order valence-corrected chi connectivity index (χ2v) is 4.34. The van der Waals surface area contributed by atoms with E-state index in [2.05, 4.69) is 13.8 Å². The molecule has 0 saturated heterocycles. The third-order valence-corrected chi connectivity index (χ3v) is 2.60. The van der Waals surface area contributed by atoms with Gasteiger partial charge in [-0.3, -0.25) is 0 Å². The molecular formula is C13H21NO2. The van der Waals surface area contributed by atoms with Crippen molar-refractivity contribution in [2.24, 2.45) is 5.92 Å². The molecule has 0 saturated carbocycles. The Labute approximate surface area is 97.6 Å². The molecule has 1 aromatic rings. The maximum absolute atomic E-state index is 5.78. The minimum absolute atomic E-state index is 0.659. The van der Waals surface area contributed by atoms with Crippen LogP contribution in [0.15, 0.2) is 12.1 Å². The van der Waals surface area contributed by atoms with Gasteiger partial charge in [0.25, 0.3) is 0 Å². The van der Waals surface area contributed by atoms with E-state index in [1.165, 1.54) is 0 Å². The Bertz CT molecular complexity index is 323. The lowest BCUT2D eigenvalue weighted by Gasteiger charge is -2.15. The summed E-state index contributed by atoms with van der Waals surface area (Å²) in [6, 6.07) is 3.69. The van der Waals surface area contributed by atoms with Gasteiger partial charge in [0.15, 0.2) is 0 Å². The van der Waals surface area contributed by atoms with Gasteiger partial charge in [0.1, 0.15) is 11.5 Å². The summed E-state index contributed by atoms with van der Waals surface area (Å²) in [6.45, 7) is 4.41. The molecule has 0 spiro atoms. The van der Waals surface area contributed by atoms with Crippen molar-refractivity contribution in [2.75, 3.05) is 20.0 Å². The molecule has 0 aliphatic rings. The molecule has 0 bridgehead atoms. The normalized spacial score (nSPS) is 10.6. The molecule has 1 aromatic carbocycles. The molecule has 90 valence electrons. The number of hydrogen-bond acceptors (Lipinski definition) is 3. The molecule has 0 amide bonds. The largest absolute Gasteiger partial charge is 0.496 e. The van der Waals surface area contributed by atoms with Crippen LogP contribution in [0, 0.1) is 5.92 Å². The summed E-state index contributed by atoms with van der Waals surface area (Å²) in [4.78, 5) is 0. The molecule has 16 heavy (non-hydrogen) atoms. The van der Waals surface area contributed by atoms with Gasteiger partial charge in [0.2, 0.25) is 0 Å². The zero-order valence-electron chi connectivity index (χ0n) is 10.5. The Morgan fingerprint density at radius 2 is 1.62 bits per heavy atom. The maximum atomic E-state index is 5.78. The van der Waals surface area contributed by atoms with Gasteiger partial charge in [-0.25, -0.2) is 0 Å². The van der Waals surface area contributed by atoms with Crippen LogP contribution < -0.4 is 15.2 Å². The fourth-order valence-electron chi connectivity index (χ4n) is 1.68. The standard InChI is InChI=1S/C13H21NO2/c1-9(2)5-6-11-12(15-3)7-10(14)8-13(11)16-4/h7-9H,5-6,14H2,1-4H3. The van der Waals surface area contributed by atoms with E-state index in [-0.39, 0.29) is 0 Å². The Morgan fingerprint density at radius 1 is 1.12 bits per heavy atom. The van der Waals surface area contributed by atoms with E-state index in [0.717, 1.165) is 29.9 Å². The first-order valence-electron chi connectivity index (χ1n) is 5.58. The summed E-state index contributed by atoms with van der Waals surface area (Å²) in [5.41, 5.74) is 7.55. The molecule has 0 aromatic heterocycles. The first-order valence-corrected chi connectivity index (χ1v) is 5.58. The third kappa shape index (κ3) is 3.05. The fraction of sp³-hybridized carbons (Fsp3) is 0.538. The second-order valence-electron chi connectivity index (χ2n) is 4.34. The van der Waals surface area contributed by atoms with Gasteiger partial charge in [0.05, 0.1) is 14.2 Å². The van der Waals surface area contributed by atoms with Crippen LogP contribution >= 0.6 is 0 Å². The molecule has 0 aliphatic heterocycles. The Balaban J connectivity index is 3.02. The van der Waals surface area contributed by atoms with Crippen molar-refractivity contribution in [3.05, 3.63) is 17.7 Å². The van der Waals surface area contributed by atoms with E-state index in [0.29, 0.717) is 11.6 Å². The van der Waals surface area contributed by atoms with E-state index in [1.807, 2.05) is 12.1 Å². The van der Waals surface area contributed by atoms with Crippen LogP contribution in [0.5, 0.6) is 11.5 Å². The van der Waals surface area contributed by atoms with Gasteiger partial charge in [0, 0.05) is 23.4 Å². The van der Waals surface area contributed by atoms with Crippen LogP contribution in [-0.4, -0.2) is 14.2 Å². The average molecular weight is 223 g/mol. The van der Waals surface area contributed by atoms with Crippen molar-refractivity contribution in [2.45, 2.75) is 26.7 Å². The average Bonchev–Trinajstić information content (AvgIpc) is 2.25. The molecule has 0 radical (unpaired) electrons. The number of hydrogen-bond donors (Lipinski definition) is 1. The SMILES string of the molecule is COc1cc(N)cc(OC)c1CCC(C)C. The summed E-state index contributed by atoms with van der Waals surface area (Å²) in [7, 11) is 3.32. The number of nitrogen functional groups attached to an aromatic ring is 1. The van der Waals surface area contributed by atoms with Crippen LogP contribution in [0.4, 0.5) is 5.69 Å². The predicted molar refractivity (Wildman–Crippen MR) is 67.1 cm³/mol. The van der Waals surface area contributed by atoms with Crippen molar-refractivity contribution < 1.29 is 9.47 Å². The minimum Gasteiger partial charge on any atom is -0.496 e. The topological polar surface area (TPSA) is 44.5 Å². The third-order valence-electron chi connectivity index (χ3n) is 2.60. The Kier molecular flexibility index (Phi) is 4.47. The monoisotopic (exact) mass is 223 g/mol. The van der Waals surface area contributed by atoms with E-state index in [9.17, 15) is 0 Å². The number of rotatable bonds is 5. The van der Waals surface area contributed by atoms with Crippen LogP contribution in [0.2, 0.25) is 0 Å². The smallest absolute Gasteiger partial charge is 0.127 e. The molecular weight excluding hydrogens is 202 g/mol. The van der Waals surface area contributed by atoms with Gasteiger partial charge < -0.3 is 15.2 Å². The zero-order chi connectivity index (χ0) is 12.1. The highest BCUT2D eigenvalue weighted by Crippen LogP contribution is 2.33. The molecule has 0 atom stereocenters. The summed E-state index contributed by atoms with van der Waals surface area (Å²) in [6.07, 6.45) is 2.06. The molecule has 0 fully saturated rings. The first kappa shape index (κ1) is 12.7. The summed E-state index contributed by atoms with van der Waals surface area (Å²) in [5.74, 6) is 2.29. The van der Waals surface area contributed by atoms with E-state index < -0.39 is 0 Å². The zero-order valence-corrected chi connectivity index (χ0v) is 10.5. The number of ether oxygens (including phenoxy) is 2. The van der Waals surface area contributed by atoms with Crippen molar-refractivity contribution in [3.8, 4) is 11.5 Å². The quantitative estimate of drug-likeness (QED) is 0.781. The lowest BCUT2D eigenvalue weighted by molar-refractivity contribution is 0.383. The second kappa shape index (κ2) is 5.64. The van der Waals surface area contributed by atoms with Crippen molar-refractivity contribution in [3.63, 3.8) is 0 Å². The number of anilines is 1. The molecule has 0 unspecified atom stereocenters. The van der Waals surface area contributed by atoms with Gasteiger partial charge in [-0.1, -0.05) is 13.8 Å². The molecule has 0 aliphatic carbocycles. The molecule has 2 N–H and O–H groups in total. The number of methoxy groups -OCH3 is 2. The molecule has 3 heteroatoms. The highest BCUT2D eigenvalue weighted by Gasteiger charge is 2.11. The molecule has 0 heterocycles. The van der Waals surface area contributed by atoms with Crippen molar-refractivity contribution in [1.82, 2.24) is 0 Å². The van der Waals surface area contributed by atoms with Crippen molar-refractivity contribution in [1.29, 1.82) is 0 Å². The Hall–Kier alpha value is -1.38. The van der Waals surface area contributed by atoms with E-state index in [1.54, 1.807) is 14.2 Å². The summed E-state index contributed by atoms with van der Waals surface area (Å²) < 4.78 is 10.7. The highest BCUT2D eigenvalue weighted by atomic mass is 16.5. The summed E-state index contributed by atoms with van der Waals surface area (Å²) in [5, 5.41) is 0. The summed E-state index contributed by atoms with van der Waals surface area (Å²) >= 11 is 0.